The van der Waals surface area contributed by atoms with E-state index in [4.69, 9.17) is 0 Å². The minimum atomic E-state index is -0.0488. The Hall–Kier alpha value is -2.14. The Kier molecular flexibility index (Phi) is 3.88. The number of carbonyl (C=O) groups is 1. The van der Waals surface area contributed by atoms with Crippen LogP contribution in [0.25, 0.3) is 11.4 Å². The molecule has 5 nitrogen and oxygen atoms in total. The predicted octanol–water partition coefficient (Wildman–Crippen LogP) is 2.17. The van der Waals surface area contributed by atoms with E-state index < -0.39 is 0 Å². The first kappa shape index (κ1) is 15.4. The fraction of sp³-hybridized carbons (Fsp3) is 0.474. The zero-order valence-corrected chi connectivity index (χ0v) is 13.8. The lowest BCUT2D eigenvalue weighted by molar-refractivity contribution is -0.131. The molecule has 1 saturated carbocycles. The van der Waals surface area contributed by atoms with Gasteiger partial charge in [-0.3, -0.25) is 4.79 Å². The number of rotatable bonds is 4. The van der Waals surface area contributed by atoms with Gasteiger partial charge in [-0.05, 0) is 18.8 Å². The maximum Gasteiger partial charge on any atom is 0.242 e. The van der Waals surface area contributed by atoms with Crippen LogP contribution in [0.1, 0.15) is 19.3 Å². The molecule has 5 heteroatoms. The second-order valence-corrected chi connectivity index (χ2v) is 7.13. The van der Waals surface area contributed by atoms with Crippen molar-refractivity contribution in [2.24, 2.45) is 11.3 Å². The normalized spacial score (nSPS) is 25.9. The van der Waals surface area contributed by atoms with Crippen molar-refractivity contribution >= 4 is 5.91 Å². The maximum atomic E-state index is 12.8. The molecule has 1 aliphatic heterocycles. The SMILES string of the molecule is O=C(Cn1ccnc1-c1ccccc1)N1C[C@H]2CCC[C@@]2(CO)C1. The van der Waals surface area contributed by atoms with Gasteiger partial charge in [0, 0.05) is 36.5 Å². The average molecular weight is 325 g/mol. The summed E-state index contributed by atoms with van der Waals surface area (Å²) in [6, 6.07) is 9.93. The highest BCUT2D eigenvalue weighted by Crippen LogP contribution is 2.48. The maximum absolute atomic E-state index is 12.8. The first-order chi connectivity index (χ1) is 11.7. The zero-order chi connectivity index (χ0) is 16.6. The van der Waals surface area contributed by atoms with Crippen LogP contribution in [0.3, 0.4) is 0 Å². The third-order valence-electron chi connectivity index (χ3n) is 5.76. The van der Waals surface area contributed by atoms with Crippen molar-refractivity contribution in [3.63, 3.8) is 0 Å². The number of benzene rings is 1. The smallest absolute Gasteiger partial charge is 0.242 e. The number of nitrogens with zero attached hydrogens (tertiary/aromatic N) is 3. The standard InChI is InChI=1S/C19H23N3O2/c23-14-19-8-4-7-16(19)11-22(13-19)17(24)12-21-10-9-20-18(21)15-5-2-1-3-6-15/h1-3,5-6,9-10,16,23H,4,7-8,11-14H2/t16-,19+/m1/s1. The van der Waals surface area contributed by atoms with E-state index in [0.29, 0.717) is 19.0 Å². The van der Waals surface area contributed by atoms with Crippen LogP contribution in [0.4, 0.5) is 0 Å². The molecular weight excluding hydrogens is 302 g/mol. The summed E-state index contributed by atoms with van der Waals surface area (Å²) >= 11 is 0. The van der Waals surface area contributed by atoms with Crippen molar-refractivity contribution in [2.75, 3.05) is 19.7 Å². The molecule has 1 aromatic carbocycles. The molecule has 126 valence electrons. The monoisotopic (exact) mass is 325 g/mol. The molecule has 2 fully saturated rings. The average Bonchev–Trinajstić information content (AvgIpc) is 3.29. The highest BCUT2D eigenvalue weighted by Gasteiger charge is 2.50. The van der Waals surface area contributed by atoms with E-state index in [-0.39, 0.29) is 17.9 Å². The number of imidazole rings is 1. The van der Waals surface area contributed by atoms with Gasteiger partial charge < -0.3 is 14.6 Å². The molecule has 4 rings (SSSR count). The number of aliphatic hydroxyl groups is 1. The topological polar surface area (TPSA) is 58.4 Å². The summed E-state index contributed by atoms with van der Waals surface area (Å²) in [6.45, 7) is 1.98. The molecular formula is C19H23N3O2. The number of hydrogen-bond donors (Lipinski definition) is 1. The van der Waals surface area contributed by atoms with Gasteiger partial charge in [0.15, 0.2) is 0 Å². The summed E-state index contributed by atoms with van der Waals surface area (Å²) in [7, 11) is 0. The highest BCUT2D eigenvalue weighted by molar-refractivity contribution is 5.77. The quantitative estimate of drug-likeness (QED) is 0.937. The van der Waals surface area contributed by atoms with Gasteiger partial charge in [0.05, 0.1) is 6.61 Å². The zero-order valence-electron chi connectivity index (χ0n) is 13.8. The molecule has 24 heavy (non-hydrogen) atoms. The third-order valence-corrected chi connectivity index (χ3v) is 5.76. The van der Waals surface area contributed by atoms with Gasteiger partial charge in [-0.25, -0.2) is 4.98 Å². The Morgan fingerprint density at radius 3 is 2.92 bits per heavy atom. The Morgan fingerprint density at radius 2 is 2.17 bits per heavy atom. The van der Waals surface area contributed by atoms with Crippen LogP contribution in [0, 0.1) is 11.3 Å². The van der Waals surface area contributed by atoms with E-state index in [1.807, 2.05) is 46.0 Å². The molecule has 2 aromatic rings. The van der Waals surface area contributed by atoms with E-state index in [1.54, 1.807) is 6.20 Å². The summed E-state index contributed by atoms with van der Waals surface area (Å²) in [5, 5.41) is 9.82. The minimum absolute atomic E-state index is 0.0488. The molecule has 1 aliphatic carbocycles. The number of aliphatic hydroxyl groups excluding tert-OH is 1. The largest absolute Gasteiger partial charge is 0.396 e. The van der Waals surface area contributed by atoms with E-state index in [9.17, 15) is 9.90 Å². The van der Waals surface area contributed by atoms with Crippen molar-refractivity contribution in [2.45, 2.75) is 25.8 Å². The number of carbonyl (C=O) groups excluding carboxylic acids is 1. The van der Waals surface area contributed by atoms with Gasteiger partial charge in [-0.2, -0.15) is 0 Å². The summed E-state index contributed by atoms with van der Waals surface area (Å²) in [5.74, 6) is 1.40. The fourth-order valence-corrected chi connectivity index (χ4v) is 4.39. The Morgan fingerprint density at radius 1 is 1.33 bits per heavy atom. The second-order valence-electron chi connectivity index (χ2n) is 7.13. The summed E-state index contributed by atoms with van der Waals surface area (Å²) in [6.07, 6.45) is 6.94. The van der Waals surface area contributed by atoms with Crippen LogP contribution in [0.15, 0.2) is 42.7 Å². The van der Waals surface area contributed by atoms with E-state index in [1.165, 1.54) is 6.42 Å². The van der Waals surface area contributed by atoms with E-state index in [2.05, 4.69) is 4.98 Å². The first-order valence-corrected chi connectivity index (χ1v) is 8.67. The van der Waals surface area contributed by atoms with Crippen molar-refractivity contribution in [3.8, 4) is 11.4 Å². The molecule has 1 saturated heterocycles. The first-order valence-electron chi connectivity index (χ1n) is 8.67. The molecule has 0 radical (unpaired) electrons. The van der Waals surface area contributed by atoms with Crippen LogP contribution >= 0.6 is 0 Å². The van der Waals surface area contributed by atoms with Crippen molar-refractivity contribution in [3.05, 3.63) is 42.7 Å². The molecule has 0 bridgehead atoms. The van der Waals surface area contributed by atoms with Crippen molar-refractivity contribution < 1.29 is 9.90 Å². The van der Waals surface area contributed by atoms with E-state index in [0.717, 1.165) is 30.8 Å². The molecule has 1 aromatic heterocycles. The van der Waals surface area contributed by atoms with E-state index >= 15 is 0 Å². The molecule has 2 atom stereocenters. The molecule has 0 spiro atoms. The lowest BCUT2D eigenvalue weighted by Crippen LogP contribution is -2.35. The molecule has 2 heterocycles. The van der Waals surface area contributed by atoms with Crippen LogP contribution in [0.2, 0.25) is 0 Å². The van der Waals surface area contributed by atoms with Crippen LogP contribution in [-0.2, 0) is 11.3 Å². The molecule has 2 aliphatic rings. The number of hydrogen-bond acceptors (Lipinski definition) is 3. The minimum Gasteiger partial charge on any atom is -0.396 e. The molecule has 0 unspecified atom stereocenters. The lowest BCUT2D eigenvalue weighted by Gasteiger charge is -2.26. The van der Waals surface area contributed by atoms with Gasteiger partial charge >= 0.3 is 0 Å². The summed E-state index contributed by atoms with van der Waals surface area (Å²) in [5.41, 5.74) is 0.966. The highest BCUT2D eigenvalue weighted by atomic mass is 16.3. The Labute approximate surface area is 141 Å². The Balaban J connectivity index is 1.49. The van der Waals surface area contributed by atoms with Gasteiger partial charge in [0.1, 0.15) is 12.4 Å². The number of likely N-dealkylation sites (tertiary alicyclic amines) is 1. The van der Waals surface area contributed by atoms with Crippen LogP contribution in [-0.4, -0.2) is 45.2 Å². The fourth-order valence-electron chi connectivity index (χ4n) is 4.39. The Bertz CT molecular complexity index is 727. The molecule has 1 N–H and O–H groups in total. The van der Waals surface area contributed by atoms with Gasteiger partial charge in [0.2, 0.25) is 5.91 Å². The number of fused-ring (bicyclic) bond motifs is 1. The van der Waals surface area contributed by atoms with Crippen molar-refractivity contribution in [1.29, 1.82) is 0 Å². The second kappa shape index (κ2) is 6.06. The summed E-state index contributed by atoms with van der Waals surface area (Å²) in [4.78, 5) is 19.1. The van der Waals surface area contributed by atoms with Crippen molar-refractivity contribution in [1.82, 2.24) is 14.5 Å². The predicted molar refractivity (Wildman–Crippen MR) is 91.1 cm³/mol. The number of aromatic nitrogens is 2. The van der Waals surface area contributed by atoms with Crippen LogP contribution in [0.5, 0.6) is 0 Å². The van der Waals surface area contributed by atoms with Gasteiger partial charge in [0.25, 0.3) is 0 Å². The molecule has 1 amide bonds. The third kappa shape index (κ3) is 2.53. The summed E-state index contributed by atoms with van der Waals surface area (Å²) < 4.78 is 1.91. The number of amides is 1. The van der Waals surface area contributed by atoms with Gasteiger partial charge in [-0.15, -0.1) is 0 Å². The van der Waals surface area contributed by atoms with Crippen LogP contribution < -0.4 is 0 Å². The van der Waals surface area contributed by atoms with Gasteiger partial charge in [-0.1, -0.05) is 36.8 Å². The lowest BCUT2D eigenvalue weighted by atomic mass is 9.82.